The third-order valence-electron chi connectivity index (χ3n) is 5.15. The maximum atomic E-state index is 12.1. The Hall–Kier alpha value is -2.22. The van der Waals surface area contributed by atoms with Gasteiger partial charge in [-0.25, -0.2) is 0 Å². The molecule has 0 atom stereocenters. The number of ketones is 2. The van der Waals surface area contributed by atoms with E-state index in [1.54, 1.807) is 0 Å². The summed E-state index contributed by atoms with van der Waals surface area (Å²) >= 11 is 0. The maximum Gasteiger partial charge on any atom is 0.140 e. The molecular weight excluding hydrogens is 320 g/mol. The van der Waals surface area contributed by atoms with Gasteiger partial charge in [0.05, 0.1) is 6.42 Å². The smallest absolute Gasteiger partial charge is 0.140 e. The molecule has 0 N–H and O–H groups in total. The topological polar surface area (TPSA) is 34.1 Å². The Bertz CT molecular complexity index is 787. The molecule has 0 aliphatic rings. The van der Waals surface area contributed by atoms with Gasteiger partial charge < -0.3 is 0 Å². The zero-order chi connectivity index (χ0) is 19.1. The van der Waals surface area contributed by atoms with Crippen LogP contribution in [0.15, 0.2) is 36.4 Å². The van der Waals surface area contributed by atoms with Crippen LogP contribution < -0.4 is 0 Å². The van der Waals surface area contributed by atoms with Crippen molar-refractivity contribution in [3.63, 3.8) is 0 Å². The van der Waals surface area contributed by atoms with Crippen molar-refractivity contribution in [3.8, 4) is 0 Å². The van der Waals surface area contributed by atoms with E-state index in [0.29, 0.717) is 19.3 Å². The number of hydrogen-bond acceptors (Lipinski definition) is 2. The molecule has 2 nitrogen and oxygen atoms in total. The van der Waals surface area contributed by atoms with Crippen LogP contribution in [-0.4, -0.2) is 11.6 Å². The molecule has 0 fully saturated rings. The number of rotatable bonds is 9. The third kappa shape index (κ3) is 5.94. The van der Waals surface area contributed by atoms with E-state index in [0.717, 1.165) is 12.8 Å². The minimum absolute atomic E-state index is 0.0476. The first-order chi connectivity index (χ1) is 12.4. The summed E-state index contributed by atoms with van der Waals surface area (Å²) in [6, 6.07) is 12.7. The zero-order valence-corrected chi connectivity index (χ0v) is 16.5. The van der Waals surface area contributed by atoms with Gasteiger partial charge in [-0.2, -0.15) is 0 Å². The number of hydrogen-bond donors (Lipinski definition) is 0. The Morgan fingerprint density at radius 2 is 1.27 bits per heavy atom. The fraction of sp³-hybridized carbons (Fsp3) is 0.417. The highest BCUT2D eigenvalue weighted by atomic mass is 16.1. The van der Waals surface area contributed by atoms with E-state index < -0.39 is 0 Å². The minimum Gasteiger partial charge on any atom is -0.299 e. The van der Waals surface area contributed by atoms with Gasteiger partial charge in [-0.1, -0.05) is 43.3 Å². The average Bonchev–Trinajstić information content (AvgIpc) is 2.62. The number of benzene rings is 2. The first kappa shape index (κ1) is 20.1. The Morgan fingerprint density at radius 3 is 1.81 bits per heavy atom. The summed E-state index contributed by atoms with van der Waals surface area (Å²) in [4.78, 5) is 24.3. The van der Waals surface area contributed by atoms with Gasteiger partial charge in [0.2, 0.25) is 0 Å². The third-order valence-corrected chi connectivity index (χ3v) is 5.15. The second-order valence-corrected chi connectivity index (χ2v) is 7.29. The molecule has 2 aromatic rings. The number of carbonyl (C=O) groups is 2. The zero-order valence-electron chi connectivity index (χ0n) is 16.5. The number of aryl methyl sites for hydroxylation is 6. The summed E-state index contributed by atoms with van der Waals surface area (Å²) < 4.78 is 0. The predicted octanol–water partition coefficient (Wildman–Crippen LogP) is 5.27. The highest BCUT2D eigenvalue weighted by Gasteiger charge is 2.11. The van der Waals surface area contributed by atoms with Gasteiger partial charge in [0, 0.05) is 12.8 Å². The lowest BCUT2D eigenvalue weighted by molar-refractivity contribution is -0.126. The van der Waals surface area contributed by atoms with Gasteiger partial charge in [-0.05, 0) is 73.4 Å². The molecule has 0 amide bonds. The van der Waals surface area contributed by atoms with E-state index in [2.05, 4.69) is 64.1 Å². The summed E-state index contributed by atoms with van der Waals surface area (Å²) in [6.07, 6.45) is 3.39. The van der Waals surface area contributed by atoms with Crippen molar-refractivity contribution in [2.75, 3.05) is 0 Å². The van der Waals surface area contributed by atoms with E-state index in [4.69, 9.17) is 0 Å². The van der Waals surface area contributed by atoms with Crippen LogP contribution in [0.1, 0.15) is 59.6 Å². The monoisotopic (exact) mass is 350 g/mol. The van der Waals surface area contributed by atoms with Crippen molar-refractivity contribution in [3.05, 3.63) is 69.8 Å². The van der Waals surface area contributed by atoms with Crippen molar-refractivity contribution < 1.29 is 9.59 Å². The molecule has 138 valence electrons. The molecule has 0 aliphatic heterocycles. The van der Waals surface area contributed by atoms with E-state index >= 15 is 0 Å². The van der Waals surface area contributed by atoms with Crippen molar-refractivity contribution >= 4 is 11.6 Å². The van der Waals surface area contributed by atoms with E-state index in [1.807, 2.05) is 0 Å². The number of Topliss-reactive ketones (excluding diaryl/α,β-unsaturated/α-hetero) is 2. The summed E-state index contributed by atoms with van der Waals surface area (Å²) in [5.41, 5.74) is 7.49. The van der Waals surface area contributed by atoms with Gasteiger partial charge in [-0.3, -0.25) is 9.59 Å². The summed E-state index contributed by atoms with van der Waals surface area (Å²) in [5.74, 6) is 0.0973. The molecule has 0 saturated heterocycles. The summed E-state index contributed by atoms with van der Waals surface area (Å²) in [6.45, 7) is 8.42. The predicted molar refractivity (Wildman–Crippen MR) is 108 cm³/mol. The van der Waals surface area contributed by atoms with Crippen LogP contribution in [0.25, 0.3) is 0 Å². The maximum absolute atomic E-state index is 12.1. The molecule has 0 spiro atoms. The molecule has 26 heavy (non-hydrogen) atoms. The fourth-order valence-corrected chi connectivity index (χ4v) is 3.18. The second-order valence-electron chi connectivity index (χ2n) is 7.29. The lowest BCUT2D eigenvalue weighted by Gasteiger charge is -2.07. The first-order valence-electron chi connectivity index (χ1n) is 9.57. The highest BCUT2D eigenvalue weighted by molar-refractivity contribution is 5.99. The van der Waals surface area contributed by atoms with Crippen LogP contribution in [0.5, 0.6) is 0 Å². The van der Waals surface area contributed by atoms with Crippen LogP contribution in [-0.2, 0) is 28.9 Å². The Kier molecular flexibility index (Phi) is 7.32. The van der Waals surface area contributed by atoms with Crippen molar-refractivity contribution in [1.29, 1.82) is 0 Å². The van der Waals surface area contributed by atoms with Crippen molar-refractivity contribution in [2.45, 2.75) is 66.2 Å². The molecule has 2 aromatic carbocycles. The highest BCUT2D eigenvalue weighted by Crippen LogP contribution is 2.15. The molecule has 0 aliphatic carbocycles. The lowest BCUT2D eigenvalue weighted by Crippen LogP contribution is -2.09. The van der Waals surface area contributed by atoms with Crippen LogP contribution >= 0.6 is 0 Å². The van der Waals surface area contributed by atoms with Gasteiger partial charge >= 0.3 is 0 Å². The molecule has 2 heteroatoms. The molecule has 2 rings (SSSR count). The number of carbonyl (C=O) groups excluding carboxylic acids is 2. The van der Waals surface area contributed by atoms with Crippen molar-refractivity contribution in [2.24, 2.45) is 0 Å². The Morgan fingerprint density at radius 1 is 0.731 bits per heavy atom. The van der Waals surface area contributed by atoms with E-state index in [-0.39, 0.29) is 18.0 Å². The minimum atomic E-state index is 0.0476. The van der Waals surface area contributed by atoms with Gasteiger partial charge in [0.1, 0.15) is 11.6 Å². The molecule has 0 radical (unpaired) electrons. The quantitative estimate of drug-likeness (QED) is 0.578. The summed E-state index contributed by atoms with van der Waals surface area (Å²) in [5, 5.41) is 0. The SMILES string of the molecule is CCc1cc(CCC(=O)CC(=O)CCc2ccc(C)c(C)c2)ccc1C. The average molecular weight is 351 g/mol. The van der Waals surface area contributed by atoms with E-state index in [9.17, 15) is 9.59 Å². The van der Waals surface area contributed by atoms with Crippen LogP contribution in [0.4, 0.5) is 0 Å². The Labute approximate surface area is 157 Å². The van der Waals surface area contributed by atoms with Gasteiger partial charge in [0.15, 0.2) is 0 Å². The first-order valence-corrected chi connectivity index (χ1v) is 9.57. The molecule has 0 heterocycles. The lowest BCUT2D eigenvalue weighted by atomic mass is 9.97. The van der Waals surface area contributed by atoms with Gasteiger partial charge in [0.25, 0.3) is 0 Å². The standard InChI is InChI=1S/C24H30O2/c1-5-22-15-21(9-7-18(22)3)11-13-24(26)16-23(25)12-10-20-8-6-17(2)19(4)14-20/h6-9,14-15H,5,10-13,16H2,1-4H3. The fourth-order valence-electron chi connectivity index (χ4n) is 3.18. The molecule has 0 saturated carbocycles. The van der Waals surface area contributed by atoms with Crippen molar-refractivity contribution in [1.82, 2.24) is 0 Å². The van der Waals surface area contributed by atoms with Gasteiger partial charge in [-0.15, -0.1) is 0 Å². The summed E-state index contributed by atoms with van der Waals surface area (Å²) in [7, 11) is 0. The van der Waals surface area contributed by atoms with Crippen LogP contribution in [0, 0.1) is 20.8 Å². The molecule has 0 aromatic heterocycles. The van der Waals surface area contributed by atoms with Crippen LogP contribution in [0.2, 0.25) is 0 Å². The molecule has 0 bridgehead atoms. The van der Waals surface area contributed by atoms with E-state index in [1.165, 1.54) is 33.4 Å². The molecular formula is C24H30O2. The van der Waals surface area contributed by atoms with Crippen LogP contribution in [0.3, 0.4) is 0 Å². The second kappa shape index (κ2) is 9.47. The largest absolute Gasteiger partial charge is 0.299 e. The Balaban J connectivity index is 1.78. The molecule has 0 unspecified atom stereocenters. The normalized spacial score (nSPS) is 10.8.